The van der Waals surface area contributed by atoms with Crippen LogP contribution in [0.5, 0.6) is 0 Å². The molecule has 1 atom stereocenters. The van der Waals surface area contributed by atoms with Gasteiger partial charge in [-0.05, 0) is 32.2 Å². The summed E-state index contributed by atoms with van der Waals surface area (Å²) >= 11 is 0. The van der Waals surface area contributed by atoms with Crippen molar-refractivity contribution in [2.24, 2.45) is 0 Å². The summed E-state index contributed by atoms with van der Waals surface area (Å²) in [6, 6.07) is 0.669. The molecule has 122 valence electrons. The number of nitrogens with one attached hydrogen (secondary N) is 1. The van der Waals surface area contributed by atoms with Gasteiger partial charge in [-0.2, -0.15) is 0 Å². The van der Waals surface area contributed by atoms with Crippen LogP contribution in [0.2, 0.25) is 0 Å². The lowest BCUT2D eigenvalue weighted by atomic mass is 10.0. The normalized spacial score (nSPS) is 12.8. The average Bonchev–Trinajstić information content (AvgIpc) is 2.47. The SMILES string of the molecule is CCCCCCCCCC(CCOCCC)NCCC. The first-order valence-corrected chi connectivity index (χ1v) is 9.16. The summed E-state index contributed by atoms with van der Waals surface area (Å²) < 4.78 is 5.63. The molecule has 0 radical (unpaired) electrons. The number of hydrogen-bond acceptors (Lipinski definition) is 2. The standard InChI is InChI=1S/C18H39NO/c1-4-7-8-9-10-11-12-13-18(19-15-5-2)14-17-20-16-6-3/h18-19H,4-17H2,1-3H3. The van der Waals surface area contributed by atoms with E-state index in [-0.39, 0.29) is 0 Å². The van der Waals surface area contributed by atoms with Crippen LogP contribution in [0.4, 0.5) is 0 Å². The average molecular weight is 286 g/mol. The molecule has 0 saturated carbocycles. The van der Waals surface area contributed by atoms with Crippen LogP contribution in [0.3, 0.4) is 0 Å². The first kappa shape index (κ1) is 19.9. The summed E-state index contributed by atoms with van der Waals surface area (Å²) in [5.41, 5.74) is 0. The van der Waals surface area contributed by atoms with E-state index in [0.29, 0.717) is 6.04 Å². The van der Waals surface area contributed by atoms with Crippen molar-refractivity contribution in [3.05, 3.63) is 0 Å². The van der Waals surface area contributed by atoms with Crippen LogP contribution in [0.25, 0.3) is 0 Å². The number of rotatable bonds is 16. The minimum atomic E-state index is 0.669. The van der Waals surface area contributed by atoms with Crippen LogP contribution < -0.4 is 5.32 Å². The third kappa shape index (κ3) is 14.3. The molecule has 0 aliphatic rings. The molecule has 0 aliphatic carbocycles. The molecule has 0 aliphatic heterocycles. The zero-order valence-electron chi connectivity index (χ0n) is 14.4. The molecule has 0 aromatic carbocycles. The van der Waals surface area contributed by atoms with Gasteiger partial charge in [0.1, 0.15) is 0 Å². The fourth-order valence-electron chi connectivity index (χ4n) is 2.52. The minimum absolute atomic E-state index is 0.669. The van der Waals surface area contributed by atoms with Crippen LogP contribution >= 0.6 is 0 Å². The van der Waals surface area contributed by atoms with Crippen LogP contribution in [0.15, 0.2) is 0 Å². The molecule has 0 aromatic rings. The highest BCUT2D eigenvalue weighted by Crippen LogP contribution is 2.11. The first-order chi connectivity index (χ1) is 9.85. The van der Waals surface area contributed by atoms with Crippen molar-refractivity contribution in [1.82, 2.24) is 5.32 Å². The second kappa shape index (κ2) is 17.0. The summed E-state index contributed by atoms with van der Waals surface area (Å²) in [6.45, 7) is 9.68. The monoisotopic (exact) mass is 285 g/mol. The molecular weight excluding hydrogens is 246 g/mol. The molecule has 2 heteroatoms. The smallest absolute Gasteiger partial charge is 0.0480 e. The fraction of sp³-hybridized carbons (Fsp3) is 1.00. The Labute approximate surface area is 128 Å². The molecule has 2 nitrogen and oxygen atoms in total. The highest BCUT2D eigenvalue weighted by Gasteiger charge is 2.07. The Bertz CT molecular complexity index is 173. The fourth-order valence-corrected chi connectivity index (χ4v) is 2.52. The Morgan fingerprint density at radius 2 is 1.40 bits per heavy atom. The van der Waals surface area contributed by atoms with E-state index in [2.05, 4.69) is 26.1 Å². The maximum absolute atomic E-state index is 5.63. The van der Waals surface area contributed by atoms with Crippen molar-refractivity contribution in [3.8, 4) is 0 Å². The molecule has 0 amide bonds. The third-order valence-electron chi connectivity index (χ3n) is 3.80. The lowest BCUT2D eigenvalue weighted by molar-refractivity contribution is 0.123. The summed E-state index contributed by atoms with van der Waals surface area (Å²) in [5, 5.41) is 3.68. The van der Waals surface area contributed by atoms with E-state index in [1.54, 1.807) is 0 Å². The Balaban J connectivity index is 3.53. The number of ether oxygens (including phenoxy) is 1. The zero-order valence-corrected chi connectivity index (χ0v) is 14.4. The van der Waals surface area contributed by atoms with E-state index in [4.69, 9.17) is 4.74 Å². The van der Waals surface area contributed by atoms with Crippen molar-refractivity contribution < 1.29 is 4.74 Å². The second-order valence-electron chi connectivity index (χ2n) is 5.96. The molecule has 0 rings (SSSR count). The molecule has 1 unspecified atom stereocenters. The van der Waals surface area contributed by atoms with E-state index < -0.39 is 0 Å². The van der Waals surface area contributed by atoms with Crippen LogP contribution in [-0.2, 0) is 4.74 Å². The topological polar surface area (TPSA) is 21.3 Å². The Morgan fingerprint density at radius 3 is 2.05 bits per heavy atom. The van der Waals surface area contributed by atoms with Crippen LogP contribution in [0, 0.1) is 0 Å². The van der Waals surface area contributed by atoms with Gasteiger partial charge in [0.15, 0.2) is 0 Å². The van der Waals surface area contributed by atoms with Gasteiger partial charge in [-0.25, -0.2) is 0 Å². The van der Waals surface area contributed by atoms with Gasteiger partial charge in [0.2, 0.25) is 0 Å². The van der Waals surface area contributed by atoms with Crippen molar-refractivity contribution >= 4 is 0 Å². The highest BCUT2D eigenvalue weighted by molar-refractivity contribution is 4.66. The summed E-state index contributed by atoms with van der Waals surface area (Å²) in [4.78, 5) is 0. The van der Waals surface area contributed by atoms with E-state index in [1.165, 1.54) is 64.2 Å². The zero-order chi connectivity index (χ0) is 14.9. The van der Waals surface area contributed by atoms with E-state index in [9.17, 15) is 0 Å². The minimum Gasteiger partial charge on any atom is -0.381 e. The van der Waals surface area contributed by atoms with E-state index >= 15 is 0 Å². The molecule has 0 saturated heterocycles. The Morgan fingerprint density at radius 1 is 0.700 bits per heavy atom. The Hall–Kier alpha value is -0.0800. The summed E-state index contributed by atoms with van der Waals surface area (Å²) in [5.74, 6) is 0. The molecule has 0 fully saturated rings. The lowest BCUT2D eigenvalue weighted by Gasteiger charge is -2.18. The quantitative estimate of drug-likeness (QED) is 0.388. The van der Waals surface area contributed by atoms with E-state index in [0.717, 1.165) is 26.2 Å². The predicted octanol–water partition coefficient (Wildman–Crippen LogP) is 5.31. The third-order valence-corrected chi connectivity index (χ3v) is 3.80. The van der Waals surface area contributed by atoms with Crippen molar-refractivity contribution in [1.29, 1.82) is 0 Å². The van der Waals surface area contributed by atoms with Crippen molar-refractivity contribution in [3.63, 3.8) is 0 Å². The maximum Gasteiger partial charge on any atom is 0.0480 e. The first-order valence-electron chi connectivity index (χ1n) is 9.16. The molecule has 1 N–H and O–H groups in total. The molecule has 20 heavy (non-hydrogen) atoms. The lowest BCUT2D eigenvalue weighted by Crippen LogP contribution is -2.31. The highest BCUT2D eigenvalue weighted by atomic mass is 16.5. The van der Waals surface area contributed by atoms with Gasteiger partial charge < -0.3 is 10.1 Å². The predicted molar refractivity (Wildman–Crippen MR) is 90.4 cm³/mol. The Kier molecular flexibility index (Phi) is 16.9. The van der Waals surface area contributed by atoms with Gasteiger partial charge >= 0.3 is 0 Å². The van der Waals surface area contributed by atoms with E-state index in [1.807, 2.05) is 0 Å². The van der Waals surface area contributed by atoms with Gasteiger partial charge in [-0.1, -0.05) is 65.7 Å². The van der Waals surface area contributed by atoms with Gasteiger partial charge in [0.25, 0.3) is 0 Å². The largest absolute Gasteiger partial charge is 0.381 e. The van der Waals surface area contributed by atoms with Crippen molar-refractivity contribution in [2.45, 2.75) is 97.4 Å². The molecule has 0 heterocycles. The van der Waals surface area contributed by atoms with Crippen LogP contribution in [-0.4, -0.2) is 25.8 Å². The molecule has 0 spiro atoms. The van der Waals surface area contributed by atoms with Crippen molar-refractivity contribution in [2.75, 3.05) is 19.8 Å². The van der Waals surface area contributed by atoms with Gasteiger partial charge in [-0.3, -0.25) is 0 Å². The molecular formula is C18H39NO. The number of unbranched alkanes of at least 4 members (excludes halogenated alkanes) is 6. The summed E-state index contributed by atoms with van der Waals surface area (Å²) in [7, 11) is 0. The molecule has 0 bridgehead atoms. The maximum atomic E-state index is 5.63. The van der Waals surface area contributed by atoms with Crippen LogP contribution in [0.1, 0.15) is 91.4 Å². The number of hydrogen-bond donors (Lipinski definition) is 1. The van der Waals surface area contributed by atoms with Gasteiger partial charge in [0.05, 0.1) is 0 Å². The second-order valence-corrected chi connectivity index (χ2v) is 5.96. The molecule has 0 aromatic heterocycles. The summed E-state index contributed by atoms with van der Waals surface area (Å²) in [6.07, 6.45) is 14.7. The van der Waals surface area contributed by atoms with Gasteiger partial charge in [-0.15, -0.1) is 0 Å². The van der Waals surface area contributed by atoms with Gasteiger partial charge in [0, 0.05) is 19.3 Å².